The van der Waals surface area contributed by atoms with Crippen LogP contribution in [0.3, 0.4) is 0 Å². The van der Waals surface area contributed by atoms with Crippen molar-refractivity contribution in [1.29, 1.82) is 0 Å². The molecule has 0 aliphatic heterocycles. The summed E-state index contributed by atoms with van der Waals surface area (Å²) in [6, 6.07) is 3.85. The zero-order valence-electron chi connectivity index (χ0n) is 7.82. The maximum atomic E-state index is 5.80. The van der Waals surface area contributed by atoms with Gasteiger partial charge in [-0.1, -0.05) is 6.92 Å². The minimum absolute atomic E-state index is 0. The second-order valence-electron chi connectivity index (χ2n) is 2.84. The summed E-state index contributed by atoms with van der Waals surface area (Å²) in [5.74, 6) is 1.83. The predicted molar refractivity (Wildman–Crippen MR) is 55.9 cm³/mol. The van der Waals surface area contributed by atoms with Crippen LogP contribution in [0.5, 0.6) is 0 Å². The van der Waals surface area contributed by atoms with E-state index in [2.05, 4.69) is 6.92 Å². The highest BCUT2D eigenvalue weighted by Crippen LogP contribution is 2.16. The third-order valence-corrected chi connectivity index (χ3v) is 1.87. The quantitative estimate of drug-likeness (QED) is 0.783. The summed E-state index contributed by atoms with van der Waals surface area (Å²) in [7, 11) is 0. The van der Waals surface area contributed by atoms with Gasteiger partial charge in [-0.05, 0) is 25.1 Å². The van der Waals surface area contributed by atoms with Crippen LogP contribution in [0, 0.1) is 0 Å². The van der Waals surface area contributed by atoms with Crippen LogP contribution >= 0.6 is 12.4 Å². The average Bonchev–Trinajstić information content (AvgIpc) is 2.52. The monoisotopic (exact) mass is 204 g/mol. The molecule has 0 radical (unpaired) electrons. The highest BCUT2D eigenvalue weighted by molar-refractivity contribution is 5.85. The maximum absolute atomic E-state index is 5.80. The van der Waals surface area contributed by atoms with E-state index in [1.807, 2.05) is 12.1 Å². The van der Waals surface area contributed by atoms with Crippen molar-refractivity contribution in [3.05, 3.63) is 23.7 Å². The largest absolute Gasteiger partial charge is 0.464 e. The molecule has 0 saturated heterocycles. The zero-order valence-corrected chi connectivity index (χ0v) is 8.64. The number of halogens is 1. The molecule has 0 aliphatic carbocycles. The van der Waals surface area contributed by atoms with Gasteiger partial charge in [0.05, 0.1) is 6.04 Å². The molecule has 4 N–H and O–H groups in total. The maximum Gasteiger partial charge on any atom is 0.120 e. The number of furan rings is 1. The van der Waals surface area contributed by atoms with Gasteiger partial charge in [-0.25, -0.2) is 0 Å². The molecule has 0 fully saturated rings. The Labute approximate surface area is 84.9 Å². The molecule has 0 aliphatic rings. The lowest BCUT2D eigenvalue weighted by atomic mass is 10.2. The first-order valence-electron chi connectivity index (χ1n) is 4.32. The molecule has 1 aromatic heterocycles. The highest BCUT2D eigenvalue weighted by atomic mass is 35.5. The fraction of sp³-hybridized carbons (Fsp3) is 0.556. The van der Waals surface area contributed by atoms with Crippen molar-refractivity contribution in [1.82, 2.24) is 0 Å². The topological polar surface area (TPSA) is 65.2 Å². The fourth-order valence-corrected chi connectivity index (χ4v) is 1.11. The van der Waals surface area contributed by atoms with Gasteiger partial charge in [0.2, 0.25) is 0 Å². The first kappa shape index (κ1) is 12.5. The van der Waals surface area contributed by atoms with E-state index in [0.717, 1.165) is 24.4 Å². The number of aryl methyl sites for hydroxylation is 1. The number of nitrogens with two attached hydrogens (primary N) is 2. The molecule has 0 aromatic carbocycles. The smallest absolute Gasteiger partial charge is 0.120 e. The SMILES string of the molecule is CCc1ccc([C@@H](N)CCN)o1.Cl. The number of hydrogen-bond acceptors (Lipinski definition) is 3. The van der Waals surface area contributed by atoms with Crippen molar-refractivity contribution >= 4 is 12.4 Å². The molecule has 1 aromatic rings. The summed E-state index contributed by atoms with van der Waals surface area (Å²) in [5, 5.41) is 0. The Morgan fingerprint density at radius 2 is 2.15 bits per heavy atom. The molecule has 3 nitrogen and oxygen atoms in total. The predicted octanol–water partition coefficient (Wildman–Crippen LogP) is 1.61. The molecule has 1 rings (SSSR count). The minimum atomic E-state index is -0.0460. The lowest BCUT2D eigenvalue weighted by Gasteiger charge is -2.05. The minimum Gasteiger partial charge on any atom is -0.464 e. The molecule has 1 atom stereocenters. The van der Waals surface area contributed by atoms with E-state index in [1.165, 1.54) is 0 Å². The lowest BCUT2D eigenvalue weighted by molar-refractivity contribution is 0.427. The zero-order chi connectivity index (χ0) is 8.97. The van der Waals surface area contributed by atoms with Crippen molar-refractivity contribution in [2.24, 2.45) is 11.5 Å². The third-order valence-electron chi connectivity index (χ3n) is 1.87. The van der Waals surface area contributed by atoms with E-state index < -0.39 is 0 Å². The number of hydrogen-bond donors (Lipinski definition) is 2. The summed E-state index contributed by atoms with van der Waals surface area (Å²) >= 11 is 0. The van der Waals surface area contributed by atoms with Gasteiger partial charge in [-0.2, -0.15) is 0 Å². The molecule has 13 heavy (non-hydrogen) atoms. The van der Waals surface area contributed by atoms with Crippen molar-refractivity contribution in [3.63, 3.8) is 0 Å². The van der Waals surface area contributed by atoms with Gasteiger partial charge >= 0.3 is 0 Å². The van der Waals surface area contributed by atoms with E-state index in [0.29, 0.717) is 6.54 Å². The molecular weight excluding hydrogens is 188 g/mol. The van der Waals surface area contributed by atoms with Crippen molar-refractivity contribution in [2.75, 3.05) is 6.54 Å². The van der Waals surface area contributed by atoms with Crippen LogP contribution in [0.15, 0.2) is 16.5 Å². The van der Waals surface area contributed by atoms with Crippen LogP contribution in [0.2, 0.25) is 0 Å². The molecule has 4 heteroatoms. The van der Waals surface area contributed by atoms with Gasteiger partial charge in [0.25, 0.3) is 0 Å². The van der Waals surface area contributed by atoms with Crippen LogP contribution in [-0.2, 0) is 6.42 Å². The average molecular weight is 205 g/mol. The summed E-state index contributed by atoms with van der Waals surface area (Å²) < 4.78 is 5.47. The Bertz CT molecular complexity index is 237. The molecule has 0 amide bonds. The second-order valence-corrected chi connectivity index (χ2v) is 2.84. The molecular formula is C9H17ClN2O. The fourth-order valence-electron chi connectivity index (χ4n) is 1.11. The van der Waals surface area contributed by atoms with Crippen LogP contribution in [0.25, 0.3) is 0 Å². The van der Waals surface area contributed by atoms with Gasteiger partial charge in [-0.3, -0.25) is 0 Å². The van der Waals surface area contributed by atoms with Crippen LogP contribution in [0.4, 0.5) is 0 Å². The molecule has 76 valence electrons. The first-order valence-corrected chi connectivity index (χ1v) is 4.32. The highest BCUT2D eigenvalue weighted by Gasteiger charge is 2.08. The summed E-state index contributed by atoms with van der Waals surface area (Å²) in [5.41, 5.74) is 11.2. The van der Waals surface area contributed by atoms with Crippen molar-refractivity contribution in [2.45, 2.75) is 25.8 Å². The van der Waals surface area contributed by atoms with Gasteiger partial charge in [0.15, 0.2) is 0 Å². The van der Waals surface area contributed by atoms with Crippen molar-refractivity contribution < 1.29 is 4.42 Å². The molecule has 1 heterocycles. The number of rotatable bonds is 4. The van der Waals surface area contributed by atoms with E-state index in [4.69, 9.17) is 15.9 Å². The van der Waals surface area contributed by atoms with E-state index >= 15 is 0 Å². The molecule has 0 bridgehead atoms. The van der Waals surface area contributed by atoms with Gasteiger partial charge in [-0.15, -0.1) is 12.4 Å². The first-order chi connectivity index (χ1) is 5.77. The van der Waals surface area contributed by atoms with Gasteiger partial charge < -0.3 is 15.9 Å². The summed E-state index contributed by atoms with van der Waals surface area (Å²) in [4.78, 5) is 0. The second kappa shape index (κ2) is 6.02. The van der Waals surface area contributed by atoms with Crippen LogP contribution in [0.1, 0.15) is 30.9 Å². The van der Waals surface area contributed by atoms with E-state index in [9.17, 15) is 0 Å². The Kier molecular flexibility index (Phi) is 5.79. The Balaban J connectivity index is 0.00000144. The molecule has 0 spiro atoms. The molecule has 0 saturated carbocycles. The Morgan fingerprint density at radius 1 is 1.46 bits per heavy atom. The lowest BCUT2D eigenvalue weighted by Crippen LogP contribution is -2.14. The molecule has 0 unspecified atom stereocenters. The van der Waals surface area contributed by atoms with E-state index in [1.54, 1.807) is 0 Å². The Morgan fingerprint density at radius 3 is 2.62 bits per heavy atom. The van der Waals surface area contributed by atoms with Crippen LogP contribution < -0.4 is 11.5 Å². The summed E-state index contributed by atoms with van der Waals surface area (Å²) in [6.45, 7) is 2.65. The summed E-state index contributed by atoms with van der Waals surface area (Å²) in [6.07, 6.45) is 1.69. The van der Waals surface area contributed by atoms with Gasteiger partial charge in [0.1, 0.15) is 11.5 Å². The standard InChI is InChI=1S/C9H16N2O.ClH/c1-2-7-3-4-9(12-7)8(11)5-6-10;/h3-4,8H,2,5-6,10-11H2,1H3;1H/t8-;/m0./s1. The third kappa shape index (κ3) is 3.38. The van der Waals surface area contributed by atoms with Crippen LogP contribution in [-0.4, -0.2) is 6.54 Å². The van der Waals surface area contributed by atoms with Crippen molar-refractivity contribution in [3.8, 4) is 0 Å². The Hall–Kier alpha value is -0.510. The normalized spacial score (nSPS) is 12.2. The van der Waals surface area contributed by atoms with Gasteiger partial charge in [0, 0.05) is 6.42 Å². The van der Waals surface area contributed by atoms with E-state index in [-0.39, 0.29) is 18.4 Å².